The van der Waals surface area contributed by atoms with Gasteiger partial charge in [0.05, 0.1) is 0 Å². The number of rotatable bonds is 44. The number of hydrogen-bond acceptors (Lipinski definition) is 6. The van der Waals surface area contributed by atoms with E-state index in [1.807, 2.05) is 0 Å². The van der Waals surface area contributed by atoms with E-state index in [9.17, 15) is 14.4 Å². The van der Waals surface area contributed by atoms with Gasteiger partial charge in [0.1, 0.15) is 13.2 Å². The number of ether oxygens (including phenoxy) is 3. The van der Waals surface area contributed by atoms with E-state index in [1.54, 1.807) is 0 Å². The molecule has 0 radical (unpaired) electrons. The third-order valence-electron chi connectivity index (χ3n) is 10.7. The van der Waals surface area contributed by atoms with Gasteiger partial charge in [-0.1, -0.05) is 218 Å². The number of carbonyl (C=O) groups is 3. The van der Waals surface area contributed by atoms with E-state index in [1.165, 1.54) is 135 Å². The maximum absolute atomic E-state index is 12.7. The highest BCUT2D eigenvalue weighted by Gasteiger charge is 2.19. The van der Waals surface area contributed by atoms with Crippen LogP contribution in [0.4, 0.5) is 0 Å². The van der Waals surface area contributed by atoms with Gasteiger partial charge in [-0.2, -0.15) is 0 Å². The molecule has 0 heterocycles. The Morgan fingerprint density at radius 2 is 0.684 bits per heavy atom. The Kier molecular flexibility index (Phi) is 44.4. The summed E-state index contributed by atoms with van der Waals surface area (Å²) in [4.78, 5) is 37.8. The molecule has 0 fully saturated rings. The van der Waals surface area contributed by atoms with Crippen molar-refractivity contribution in [3.05, 3.63) is 36.5 Å². The van der Waals surface area contributed by atoms with E-state index < -0.39 is 6.10 Å². The summed E-state index contributed by atoms with van der Waals surface area (Å²) in [6, 6.07) is 0. The van der Waals surface area contributed by atoms with Crippen molar-refractivity contribution in [3.8, 4) is 0 Å². The quantitative estimate of drug-likeness (QED) is 0.0264. The van der Waals surface area contributed by atoms with Gasteiger partial charge >= 0.3 is 17.9 Å². The van der Waals surface area contributed by atoms with Crippen molar-refractivity contribution in [2.45, 2.75) is 258 Å². The number of allylic oxidation sites excluding steroid dienone is 6. The molecular formula is C51H92O6. The van der Waals surface area contributed by atoms with Crippen LogP contribution in [0.3, 0.4) is 0 Å². The molecule has 0 aliphatic rings. The topological polar surface area (TPSA) is 78.9 Å². The van der Waals surface area contributed by atoms with Gasteiger partial charge in [0.15, 0.2) is 6.10 Å². The maximum Gasteiger partial charge on any atom is 0.306 e. The van der Waals surface area contributed by atoms with Gasteiger partial charge in [-0.05, 0) is 51.4 Å². The summed E-state index contributed by atoms with van der Waals surface area (Å²) in [5.41, 5.74) is 0. The summed E-state index contributed by atoms with van der Waals surface area (Å²) < 4.78 is 16.7. The average Bonchev–Trinajstić information content (AvgIpc) is 3.21. The smallest absolute Gasteiger partial charge is 0.306 e. The molecule has 332 valence electrons. The molecule has 0 bridgehead atoms. The van der Waals surface area contributed by atoms with E-state index in [4.69, 9.17) is 14.2 Å². The van der Waals surface area contributed by atoms with Crippen LogP contribution < -0.4 is 0 Å². The number of carbonyl (C=O) groups excluding carboxylic acids is 3. The molecule has 6 heteroatoms. The van der Waals surface area contributed by atoms with Crippen LogP contribution in [-0.2, 0) is 28.6 Å². The van der Waals surface area contributed by atoms with Crippen LogP contribution >= 0.6 is 0 Å². The van der Waals surface area contributed by atoms with Crippen molar-refractivity contribution in [2.75, 3.05) is 13.2 Å². The van der Waals surface area contributed by atoms with Crippen molar-refractivity contribution in [1.82, 2.24) is 0 Å². The molecule has 1 unspecified atom stereocenters. The lowest BCUT2D eigenvalue weighted by Gasteiger charge is -2.18. The van der Waals surface area contributed by atoms with E-state index in [0.717, 1.165) is 77.0 Å². The molecular weight excluding hydrogens is 709 g/mol. The molecule has 0 rings (SSSR count). The van der Waals surface area contributed by atoms with Gasteiger partial charge in [0.25, 0.3) is 0 Å². The van der Waals surface area contributed by atoms with Crippen molar-refractivity contribution in [1.29, 1.82) is 0 Å². The van der Waals surface area contributed by atoms with Gasteiger partial charge in [0.2, 0.25) is 0 Å². The predicted molar refractivity (Wildman–Crippen MR) is 242 cm³/mol. The van der Waals surface area contributed by atoms with Crippen molar-refractivity contribution >= 4 is 17.9 Å². The average molecular weight is 801 g/mol. The molecule has 0 aromatic carbocycles. The van der Waals surface area contributed by atoms with Crippen LogP contribution in [0.1, 0.15) is 252 Å². The van der Waals surface area contributed by atoms with Gasteiger partial charge in [-0.15, -0.1) is 0 Å². The van der Waals surface area contributed by atoms with E-state index in [-0.39, 0.29) is 31.1 Å². The summed E-state index contributed by atoms with van der Waals surface area (Å²) in [5, 5.41) is 0. The fraction of sp³-hybridized carbons (Fsp3) is 0.824. The second kappa shape index (κ2) is 46.3. The van der Waals surface area contributed by atoms with Crippen molar-refractivity contribution in [2.24, 2.45) is 0 Å². The Balaban J connectivity index is 4.38. The fourth-order valence-corrected chi connectivity index (χ4v) is 6.99. The molecule has 57 heavy (non-hydrogen) atoms. The van der Waals surface area contributed by atoms with Crippen LogP contribution in [0.15, 0.2) is 36.5 Å². The van der Waals surface area contributed by atoms with Gasteiger partial charge < -0.3 is 14.2 Å². The largest absolute Gasteiger partial charge is 0.462 e. The van der Waals surface area contributed by atoms with Crippen molar-refractivity contribution < 1.29 is 28.6 Å². The standard InChI is InChI=1S/C51H92O6/c1-4-7-10-13-16-19-22-25-27-29-32-35-38-41-44-50(53)56-47-48(46-55-49(52)43-40-37-34-31-28-24-21-18-15-12-9-6-3)57-51(54)45-42-39-36-33-30-26-23-20-17-14-11-8-5-2/h9,12,18,21,28,31,48H,4-8,10-11,13-17,19-20,22-27,29-30,32-47H2,1-3H3/b12-9-,21-18-,31-28-. The second-order valence-electron chi connectivity index (χ2n) is 16.4. The van der Waals surface area contributed by atoms with Crippen LogP contribution in [-0.4, -0.2) is 37.2 Å². The third kappa shape index (κ3) is 44.6. The first-order valence-electron chi connectivity index (χ1n) is 24.5. The zero-order valence-electron chi connectivity index (χ0n) is 37.9. The molecule has 1 atom stereocenters. The lowest BCUT2D eigenvalue weighted by molar-refractivity contribution is -0.167. The Morgan fingerprint density at radius 1 is 0.368 bits per heavy atom. The molecule has 0 saturated carbocycles. The molecule has 0 aliphatic heterocycles. The highest BCUT2D eigenvalue weighted by Crippen LogP contribution is 2.16. The summed E-state index contributed by atoms with van der Waals surface area (Å²) >= 11 is 0. The summed E-state index contributed by atoms with van der Waals surface area (Å²) in [7, 11) is 0. The Morgan fingerprint density at radius 3 is 1.07 bits per heavy atom. The van der Waals surface area contributed by atoms with E-state index in [2.05, 4.69) is 57.2 Å². The maximum atomic E-state index is 12.7. The first-order valence-corrected chi connectivity index (χ1v) is 24.5. The molecule has 0 aliphatic carbocycles. The molecule has 0 spiro atoms. The lowest BCUT2D eigenvalue weighted by Crippen LogP contribution is -2.30. The molecule has 0 amide bonds. The number of esters is 3. The minimum atomic E-state index is -0.780. The fourth-order valence-electron chi connectivity index (χ4n) is 6.99. The first-order chi connectivity index (χ1) is 28.0. The summed E-state index contributed by atoms with van der Waals surface area (Å²) in [5.74, 6) is -0.913. The minimum absolute atomic E-state index is 0.0802. The van der Waals surface area contributed by atoms with Crippen molar-refractivity contribution in [3.63, 3.8) is 0 Å². The zero-order valence-corrected chi connectivity index (χ0v) is 37.9. The second-order valence-corrected chi connectivity index (χ2v) is 16.4. The van der Waals surface area contributed by atoms with Gasteiger partial charge in [-0.3, -0.25) is 14.4 Å². The molecule has 6 nitrogen and oxygen atoms in total. The summed E-state index contributed by atoms with van der Waals surface area (Å²) in [6.07, 6.45) is 52.7. The number of hydrogen-bond donors (Lipinski definition) is 0. The first kappa shape index (κ1) is 54.6. The Bertz CT molecular complexity index is 969. The highest BCUT2D eigenvalue weighted by molar-refractivity contribution is 5.71. The van der Waals surface area contributed by atoms with Crippen LogP contribution in [0, 0.1) is 0 Å². The normalized spacial score (nSPS) is 12.3. The van der Waals surface area contributed by atoms with Crippen LogP contribution in [0.5, 0.6) is 0 Å². The van der Waals surface area contributed by atoms with E-state index >= 15 is 0 Å². The lowest BCUT2D eigenvalue weighted by atomic mass is 10.0. The third-order valence-corrected chi connectivity index (χ3v) is 10.7. The number of unbranched alkanes of at least 4 members (excludes halogenated alkanes) is 27. The molecule has 0 N–H and O–H groups in total. The monoisotopic (exact) mass is 801 g/mol. The predicted octanol–water partition coefficient (Wildman–Crippen LogP) is 15.8. The van der Waals surface area contributed by atoms with Gasteiger partial charge in [-0.25, -0.2) is 0 Å². The minimum Gasteiger partial charge on any atom is -0.462 e. The molecule has 0 saturated heterocycles. The Hall–Kier alpha value is -2.37. The molecule has 0 aromatic heterocycles. The van der Waals surface area contributed by atoms with Crippen LogP contribution in [0.25, 0.3) is 0 Å². The molecule has 0 aromatic rings. The highest BCUT2D eigenvalue weighted by atomic mass is 16.6. The summed E-state index contributed by atoms with van der Waals surface area (Å²) in [6.45, 7) is 6.50. The van der Waals surface area contributed by atoms with Crippen LogP contribution in [0.2, 0.25) is 0 Å². The van der Waals surface area contributed by atoms with E-state index in [0.29, 0.717) is 19.3 Å². The van der Waals surface area contributed by atoms with Gasteiger partial charge in [0, 0.05) is 19.3 Å². The zero-order chi connectivity index (χ0) is 41.5. The Labute approximate surface area is 353 Å². The SMILES string of the molecule is CC/C=C\C/C=C\C/C=C\CCCCC(=O)OCC(COC(=O)CCCCCCCCCCCCCCCC)OC(=O)CCCCCCCCCCCCCCC.